The van der Waals surface area contributed by atoms with Gasteiger partial charge in [0.2, 0.25) is 11.2 Å². The molecule has 0 bridgehead atoms. The third-order valence-electron chi connectivity index (χ3n) is 3.37. The van der Waals surface area contributed by atoms with Gasteiger partial charge in [-0.2, -0.15) is 15.0 Å². The number of aromatic nitrogens is 3. The lowest BCUT2D eigenvalue weighted by atomic mass is 9.97. The summed E-state index contributed by atoms with van der Waals surface area (Å²) in [5.74, 6) is 1.36. The van der Waals surface area contributed by atoms with Crippen molar-refractivity contribution in [2.75, 3.05) is 45.2 Å². The second-order valence-corrected chi connectivity index (χ2v) is 5.65. The molecule has 1 aliphatic rings. The molecule has 1 aromatic heterocycles. The molecular formula is C13H22ClN5O. The van der Waals surface area contributed by atoms with Crippen LogP contribution in [0.1, 0.15) is 19.8 Å². The van der Waals surface area contributed by atoms with Gasteiger partial charge in [-0.1, -0.05) is 0 Å². The standard InChI is InChI=1S/C13H22ClN5O/c1-4-20-13-16-11(14)15-12(17-13)19-7-5-10(6-8-19)9-18(2)3/h10H,4-9H2,1-3H3. The Labute approximate surface area is 125 Å². The molecule has 0 atom stereocenters. The van der Waals surface area contributed by atoms with Crippen LogP contribution in [0.5, 0.6) is 6.01 Å². The fourth-order valence-electron chi connectivity index (χ4n) is 2.49. The monoisotopic (exact) mass is 299 g/mol. The lowest BCUT2D eigenvalue weighted by molar-refractivity contribution is 0.283. The summed E-state index contributed by atoms with van der Waals surface area (Å²) in [5, 5.41) is 0.189. The quantitative estimate of drug-likeness (QED) is 0.825. The average molecular weight is 300 g/mol. The summed E-state index contributed by atoms with van der Waals surface area (Å²) in [4.78, 5) is 16.9. The zero-order valence-corrected chi connectivity index (χ0v) is 13.1. The second-order valence-electron chi connectivity index (χ2n) is 5.31. The number of nitrogens with zero attached hydrogens (tertiary/aromatic N) is 5. The van der Waals surface area contributed by atoms with E-state index in [2.05, 4.69) is 38.8 Å². The molecule has 0 unspecified atom stereocenters. The van der Waals surface area contributed by atoms with Crippen molar-refractivity contribution in [1.29, 1.82) is 0 Å². The molecule has 2 heterocycles. The minimum Gasteiger partial charge on any atom is -0.464 e. The second kappa shape index (κ2) is 7.04. The van der Waals surface area contributed by atoms with Crippen molar-refractivity contribution in [1.82, 2.24) is 19.9 Å². The molecule has 20 heavy (non-hydrogen) atoms. The molecule has 7 heteroatoms. The minimum atomic E-state index is 0.189. The van der Waals surface area contributed by atoms with Gasteiger partial charge in [0.1, 0.15) is 0 Å². The van der Waals surface area contributed by atoms with E-state index in [0.717, 1.165) is 38.4 Å². The maximum absolute atomic E-state index is 5.93. The number of piperidine rings is 1. The molecule has 0 N–H and O–H groups in total. The number of hydrogen-bond acceptors (Lipinski definition) is 6. The molecular weight excluding hydrogens is 278 g/mol. The van der Waals surface area contributed by atoms with Gasteiger partial charge in [0.25, 0.3) is 0 Å². The SMILES string of the molecule is CCOc1nc(Cl)nc(N2CCC(CN(C)C)CC2)n1. The van der Waals surface area contributed by atoms with Gasteiger partial charge < -0.3 is 14.5 Å². The largest absolute Gasteiger partial charge is 0.464 e. The van der Waals surface area contributed by atoms with Crippen LogP contribution in [0.4, 0.5) is 5.95 Å². The third-order valence-corrected chi connectivity index (χ3v) is 3.54. The Morgan fingerprint density at radius 1 is 1.25 bits per heavy atom. The molecule has 112 valence electrons. The number of hydrogen-bond donors (Lipinski definition) is 0. The average Bonchev–Trinajstić information content (AvgIpc) is 2.38. The highest BCUT2D eigenvalue weighted by molar-refractivity contribution is 6.28. The Morgan fingerprint density at radius 2 is 1.95 bits per heavy atom. The maximum atomic E-state index is 5.93. The summed E-state index contributed by atoms with van der Waals surface area (Å²) >= 11 is 5.93. The fraction of sp³-hybridized carbons (Fsp3) is 0.769. The van der Waals surface area contributed by atoms with E-state index in [1.54, 1.807) is 0 Å². The lowest BCUT2D eigenvalue weighted by Crippen LogP contribution is -2.38. The van der Waals surface area contributed by atoms with Crippen LogP contribution >= 0.6 is 11.6 Å². The molecule has 0 amide bonds. The highest BCUT2D eigenvalue weighted by Gasteiger charge is 2.22. The van der Waals surface area contributed by atoms with Gasteiger partial charge in [-0.3, -0.25) is 0 Å². The van der Waals surface area contributed by atoms with E-state index < -0.39 is 0 Å². The van der Waals surface area contributed by atoms with Gasteiger partial charge in [-0.25, -0.2) is 0 Å². The zero-order valence-electron chi connectivity index (χ0n) is 12.3. The molecule has 2 rings (SSSR count). The topological polar surface area (TPSA) is 54.4 Å². The van der Waals surface area contributed by atoms with E-state index in [1.165, 1.54) is 0 Å². The highest BCUT2D eigenvalue weighted by atomic mass is 35.5. The van der Waals surface area contributed by atoms with Crippen LogP contribution in [0.2, 0.25) is 5.28 Å². The van der Waals surface area contributed by atoms with Crippen LogP contribution in [0.15, 0.2) is 0 Å². The maximum Gasteiger partial charge on any atom is 0.322 e. The van der Waals surface area contributed by atoms with Crippen molar-refractivity contribution < 1.29 is 4.74 Å². The van der Waals surface area contributed by atoms with Gasteiger partial charge in [0.05, 0.1) is 6.61 Å². The Bertz CT molecular complexity index is 435. The van der Waals surface area contributed by atoms with E-state index in [0.29, 0.717) is 18.6 Å². The predicted octanol–water partition coefficient (Wildman–Crippen LogP) is 1.70. The molecule has 0 aromatic carbocycles. The summed E-state index contributed by atoms with van der Waals surface area (Å²) < 4.78 is 5.31. The van der Waals surface area contributed by atoms with E-state index in [1.807, 2.05) is 6.92 Å². The Kier molecular flexibility index (Phi) is 5.37. The number of ether oxygens (including phenoxy) is 1. The van der Waals surface area contributed by atoms with Gasteiger partial charge in [-0.05, 0) is 51.4 Å². The van der Waals surface area contributed by atoms with E-state index in [9.17, 15) is 0 Å². The van der Waals surface area contributed by atoms with E-state index >= 15 is 0 Å². The molecule has 1 saturated heterocycles. The van der Waals surface area contributed by atoms with Crippen molar-refractivity contribution in [2.24, 2.45) is 5.92 Å². The first-order valence-electron chi connectivity index (χ1n) is 7.02. The van der Waals surface area contributed by atoms with E-state index in [4.69, 9.17) is 16.3 Å². The fourth-order valence-corrected chi connectivity index (χ4v) is 2.64. The summed E-state index contributed by atoms with van der Waals surface area (Å²) in [6.45, 7) is 5.44. The minimum absolute atomic E-state index is 0.189. The molecule has 1 aliphatic heterocycles. The first kappa shape index (κ1) is 15.3. The number of halogens is 1. The summed E-state index contributed by atoms with van der Waals surface area (Å²) in [7, 11) is 4.24. The molecule has 0 spiro atoms. The van der Waals surface area contributed by atoms with Crippen LogP contribution in [0.25, 0.3) is 0 Å². The summed E-state index contributed by atoms with van der Waals surface area (Å²) in [6, 6.07) is 0.304. The van der Waals surface area contributed by atoms with Crippen LogP contribution < -0.4 is 9.64 Å². The Morgan fingerprint density at radius 3 is 2.55 bits per heavy atom. The smallest absolute Gasteiger partial charge is 0.322 e. The number of rotatable bonds is 5. The van der Waals surface area contributed by atoms with Crippen molar-refractivity contribution in [3.8, 4) is 6.01 Å². The van der Waals surface area contributed by atoms with Gasteiger partial charge >= 0.3 is 6.01 Å². The molecule has 0 aliphatic carbocycles. The number of anilines is 1. The third kappa shape index (κ3) is 4.18. The van der Waals surface area contributed by atoms with Gasteiger partial charge in [0, 0.05) is 19.6 Å². The zero-order chi connectivity index (χ0) is 14.5. The van der Waals surface area contributed by atoms with Gasteiger partial charge in [0.15, 0.2) is 0 Å². The van der Waals surface area contributed by atoms with Crippen LogP contribution in [0, 0.1) is 5.92 Å². The van der Waals surface area contributed by atoms with Crippen molar-refractivity contribution in [3.05, 3.63) is 5.28 Å². The van der Waals surface area contributed by atoms with Gasteiger partial charge in [-0.15, -0.1) is 0 Å². The van der Waals surface area contributed by atoms with Crippen LogP contribution in [-0.2, 0) is 0 Å². The Hall–Kier alpha value is -1.14. The Balaban J connectivity index is 1.99. The van der Waals surface area contributed by atoms with Crippen LogP contribution in [-0.4, -0.2) is 60.2 Å². The molecule has 6 nitrogen and oxygen atoms in total. The summed E-state index contributed by atoms with van der Waals surface area (Å²) in [6.07, 6.45) is 2.29. The van der Waals surface area contributed by atoms with Crippen molar-refractivity contribution in [3.63, 3.8) is 0 Å². The van der Waals surface area contributed by atoms with Crippen molar-refractivity contribution >= 4 is 17.5 Å². The molecule has 1 fully saturated rings. The lowest BCUT2D eigenvalue weighted by Gasteiger charge is -2.33. The van der Waals surface area contributed by atoms with E-state index in [-0.39, 0.29) is 5.28 Å². The summed E-state index contributed by atoms with van der Waals surface area (Å²) in [5.41, 5.74) is 0. The first-order chi connectivity index (χ1) is 9.58. The molecule has 1 aromatic rings. The first-order valence-corrected chi connectivity index (χ1v) is 7.40. The predicted molar refractivity (Wildman–Crippen MR) is 79.5 cm³/mol. The normalized spacial score (nSPS) is 16.8. The van der Waals surface area contributed by atoms with Crippen molar-refractivity contribution in [2.45, 2.75) is 19.8 Å². The van der Waals surface area contributed by atoms with Crippen LogP contribution in [0.3, 0.4) is 0 Å². The molecule has 0 radical (unpaired) electrons. The highest BCUT2D eigenvalue weighted by Crippen LogP contribution is 2.23. The molecule has 0 saturated carbocycles.